The maximum Gasteiger partial charge on any atom is 0.344 e. The fourth-order valence-electron chi connectivity index (χ4n) is 2.37. The molecular weight excluding hydrogens is 392 g/mol. The van der Waals surface area contributed by atoms with Crippen LogP contribution in [0.4, 0.5) is 0 Å². The number of aromatic nitrogens is 2. The van der Waals surface area contributed by atoms with Gasteiger partial charge in [0.05, 0.1) is 4.88 Å². The summed E-state index contributed by atoms with van der Waals surface area (Å²) in [6, 6.07) is 20.2. The third-order valence-electron chi connectivity index (χ3n) is 3.73. The van der Waals surface area contributed by atoms with E-state index in [1.165, 1.54) is 11.3 Å². The van der Waals surface area contributed by atoms with Crippen LogP contribution in [0.1, 0.15) is 5.89 Å². The molecule has 29 heavy (non-hydrogen) atoms. The summed E-state index contributed by atoms with van der Waals surface area (Å²) in [7, 11) is 0. The first kappa shape index (κ1) is 18.7. The highest BCUT2D eigenvalue weighted by Gasteiger charge is 2.12. The molecule has 0 radical (unpaired) electrons. The number of rotatable bonds is 8. The van der Waals surface area contributed by atoms with Crippen molar-refractivity contribution in [2.75, 3.05) is 6.61 Å². The molecule has 0 spiro atoms. The van der Waals surface area contributed by atoms with Crippen LogP contribution in [-0.4, -0.2) is 22.7 Å². The SMILES string of the molecule is O=C(COc1ccc(Oc2ccccc2)cc1)OCc1nc(-c2cccs2)no1. The molecule has 7 nitrogen and oxygen atoms in total. The van der Waals surface area contributed by atoms with E-state index < -0.39 is 5.97 Å². The van der Waals surface area contributed by atoms with Gasteiger partial charge in [-0.3, -0.25) is 0 Å². The Morgan fingerprint density at radius 1 is 0.931 bits per heavy atom. The molecule has 0 bridgehead atoms. The molecule has 0 aliphatic heterocycles. The van der Waals surface area contributed by atoms with Crippen LogP contribution in [0.3, 0.4) is 0 Å². The number of nitrogens with zero attached hydrogens (tertiary/aromatic N) is 2. The van der Waals surface area contributed by atoms with Crippen LogP contribution in [-0.2, 0) is 16.1 Å². The minimum atomic E-state index is -0.537. The molecule has 8 heteroatoms. The van der Waals surface area contributed by atoms with E-state index in [0.717, 1.165) is 10.6 Å². The molecular formula is C21H16N2O5S. The van der Waals surface area contributed by atoms with Crippen molar-refractivity contribution in [3.05, 3.63) is 78.0 Å². The van der Waals surface area contributed by atoms with Crippen LogP contribution in [0.25, 0.3) is 10.7 Å². The molecule has 2 heterocycles. The third kappa shape index (κ3) is 5.20. The van der Waals surface area contributed by atoms with E-state index in [2.05, 4.69) is 10.1 Å². The lowest BCUT2D eigenvalue weighted by molar-refractivity contribution is -0.148. The molecule has 2 aromatic heterocycles. The zero-order valence-electron chi connectivity index (χ0n) is 15.2. The Morgan fingerprint density at radius 2 is 1.69 bits per heavy atom. The van der Waals surface area contributed by atoms with Gasteiger partial charge in [0.2, 0.25) is 5.82 Å². The normalized spacial score (nSPS) is 10.5. The number of carbonyl (C=O) groups is 1. The Bertz CT molecular complexity index is 1050. The zero-order chi connectivity index (χ0) is 19.9. The number of hydrogen-bond acceptors (Lipinski definition) is 8. The number of thiophene rings is 1. The predicted molar refractivity (Wildman–Crippen MR) is 106 cm³/mol. The summed E-state index contributed by atoms with van der Waals surface area (Å²) < 4.78 is 21.3. The lowest BCUT2D eigenvalue weighted by Crippen LogP contribution is -2.14. The first-order chi connectivity index (χ1) is 14.3. The number of esters is 1. The molecule has 2 aromatic carbocycles. The van der Waals surface area contributed by atoms with Crippen LogP contribution >= 0.6 is 11.3 Å². The van der Waals surface area contributed by atoms with Gasteiger partial charge in [0.1, 0.15) is 17.2 Å². The third-order valence-corrected chi connectivity index (χ3v) is 4.59. The van der Waals surface area contributed by atoms with E-state index in [0.29, 0.717) is 17.3 Å². The zero-order valence-corrected chi connectivity index (χ0v) is 16.0. The molecule has 4 aromatic rings. The second-order valence-electron chi connectivity index (χ2n) is 5.82. The van der Waals surface area contributed by atoms with Crippen molar-refractivity contribution >= 4 is 17.3 Å². The predicted octanol–water partition coefficient (Wildman–Crippen LogP) is 4.71. The first-order valence-electron chi connectivity index (χ1n) is 8.74. The lowest BCUT2D eigenvalue weighted by Gasteiger charge is -2.08. The number of benzene rings is 2. The largest absolute Gasteiger partial charge is 0.482 e. The fourth-order valence-corrected chi connectivity index (χ4v) is 3.02. The van der Waals surface area contributed by atoms with Gasteiger partial charge in [-0.15, -0.1) is 11.3 Å². The molecule has 0 aliphatic carbocycles. The summed E-state index contributed by atoms with van der Waals surface area (Å²) in [5, 5.41) is 5.78. The topological polar surface area (TPSA) is 83.7 Å². The number of hydrogen-bond donors (Lipinski definition) is 0. The maximum absolute atomic E-state index is 11.9. The highest BCUT2D eigenvalue weighted by molar-refractivity contribution is 7.13. The summed E-state index contributed by atoms with van der Waals surface area (Å²) in [5.41, 5.74) is 0. The van der Waals surface area contributed by atoms with Crippen molar-refractivity contribution in [2.24, 2.45) is 0 Å². The van der Waals surface area contributed by atoms with E-state index in [1.807, 2.05) is 47.8 Å². The van der Waals surface area contributed by atoms with Crippen molar-refractivity contribution in [3.63, 3.8) is 0 Å². The summed E-state index contributed by atoms with van der Waals surface area (Å²) in [6.07, 6.45) is 0. The minimum Gasteiger partial charge on any atom is -0.482 e. The molecule has 0 saturated carbocycles. The Labute approximate surface area is 170 Å². The first-order valence-corrected chi connectivity index (χ1v) is 9.62. The molecule has 0 N–H and O–H groups in total. The highest BCUT2D eigenvalue weighted by Crippen LogP contribution is 2.24. The van der Waals surface area contributed by atoms with Crippen molar-refractivity contribution in [1.29, 1.82) is 0 Å². The van der Waals surface area contributed by atoms with Gasteiger partial charge in [-0.25, -0.2) is 4.79 Å². The molecule has 0 atom stereocenters. The summed E-state index contributed by atoms with van der Waals surface area (Å²) in [5.74, 6) is 2.10. The smallest absolute Gasteiger partial charge is 0.344 e. The van der Waals surface area contributed by atoms with Crippen molar-refractivity contribution in [3.8, 4) is 28.0 Å². The number of carbonyl (C=O) groups excluding carboxylic acids is 1. The number of ether oxygens (including phenoxy) is 3. The van der Waals surface area contributed by atoms with E-state index in [9.17, 15) is 4.79 Å². The molecule has 146 valence electrons. The Hall–Kier alpha value is -3.65. The van der Waals surface area contributed by atoms with Crippen LogP contribution < -0.4 is 9.47 Å². The van der Waals surface area contributed by atoms with Crippen LogP contribution in [0, 0.1) is 0 Å². The summed E-state index contributed by atoms with van der Waals surface area (Å²) >= 11 is 1.50. The van der Waals surface area contributed by atoms with E-state index in [1.54, 1.807) is 24.3 Å². The average Bonchev–Trinajstić information content (AvgIpc) is 3.44. The van der Waals surface area contributed by atoms with Gasteiger partial charge in [-0.1, -0.05) is 29.4 Å². The highest BCUT2D eigenvalue weighted by atomic mass is 32.1. The molecule has 0 unspecified atom stereocenters. The molecule has 0 amide bonds. The van der Waals surface area contributed by atoms with E-state index >= 15 is 0 Å². The van der Waals surface area contributed by atoms with Crippen LogP contribution in [0.5, 0.6) is 17.2 Å². The van der Waals surface area contributed by atoms with Crippen LogP contribution in [0.2, 0.25) is 0 Å². The molecule has 4 rings (SSSR count). The monoisotopic (exact) mass is 408 g/mol. The van der Waals surface area contributed by atoms with Gasteiger partial charge < -0.3 is 18.7 Å². The van der Waals surface area contributed by atoms with E-state index in [-0.39, 0.29) is 19.1 Å². The van der Waals surface area contributed by atoms with Gasteiger partial charge in [0.25, 0.3) is 5.89 Å². The molecule has 0 fully saturated rings. The Morgan fingerprint density at radius 3 is 2.45 bits per heavy atom. The summed E-state index contributed by atoms with van der Waals surface area (Å²) in [4.78, 5) is 16.9. The van der Waals surface area contributed by atoms with Gasteiger partial charge >= 0.3 is 5.97 Å². The minimum absolute atomic E-state index is 0.107. The molecule has 0 aliphatic rings. The second kappa shape index (κ2) is 9.03. The van der Waals surface area contributed by atoms with E-state index in [4.69, 9.17) is 18.7 Å². The summed E-state index contributed by atoms with van der Waals surface area (Å²) in [6.45, 7) is -0.338. The van der Waals surface area contributed by atoms with Gasteiger partial charge in [-0.2, -0.15) is 4.98 Å². The van der Waals surface area contributed by atoms with Crippen LogP contribution in [0.15, 0.2) is 76.6 Å². The number of para-hydroxylation sites is 1. The Balaban J connectivity index is 1.22. The average molecular weight is 408 g/mol. The lowest BCUT2D eigenvalue weighted by atomic mass is 10.3. The second-order valence-corrected chi connectivity index (χ2v) is 6.77. The Kier molecular flexibility index (Phi) is 5.82. The standard InChI is InChI=1S/C21H16N2O5S/c24-20(26-13-19-22-21(23-28-19)18-7-4-12-29-18)14-25-15-8-10-17(11-9-15)27-16-5-2-1-3-6-16/h1-12H,13-14H2. The fraction of sp³-hybridized carbons (Fsp3) is 0.0952. The van der Waals surface area contributed by atoms with Crippen molar-refractivity contribution in [2.45, 2.75) is 6.61 Å². The van der Waals surface area contributed by atoms with Gasteiger partial charge in [0, 0.05) is 0 Å². The quantitative estimate of drug-likeness (QED) is 0.390. The molecule has 0 saturated heterocycles. The van der Waals surface area contributed by atoms with Gasteiger partial charge in [0.15, 0.2) is 13.2 Å². The van der Waals surface area contributed by atoms with Crippen molar-refractivity contribution < 1.29 is 23.5 Å². The van der Waals surface area contributed by atoms with Gasteiger partial charge in [-0.05, 0) is 47.8 Å². The van der Waals surface area contributed by atoms with Crippen molar-refractivity contribution in [1.82, 2.24) is 10.1 Å². The maximum atomic E-state index is 11.9.